The molecule has 102 valence electrons. The van der Waals surface area contributed by atoms with E-state index in [-0.39, 0.29) is 6.03 Å². The van der Waals surface area contributed by atoms with E-state index in [0.29, 0.717) is 18.1 Å². The maximum atomic E-state index is 12.5. The van der Waals surface area contributed by atoms with Crippen molar-refractivity contribution in [2.24, 2.45) is 0 Å². The predicted octanol–water partition coefficient (Wildman–Crippen LogP) is 1.81. The van der Waals surface area contributed by atoms with Gasteiger partial charge in [0.05, 0.1) is 0 Å². The van der Waals surface area contributed by atoms with Gasteiger partial charge in [-0.3, -0.25) is 0 Å². The van der Waals surface area contributed by atoms with Gasteiger partial charge in [0, 0.05) is 38.3 Å². The minimum Gasteiger partial charge on any atom is -0.325 e. The van der Waals surface area contributed by atoms with Crippen LogP contribution >= 0.6 is 0 Å². The first-order valence-electron chi connectivity index (χ1n) is 7.52. The monoisotopic (exact) mass is 251 g/mol. The van der Waals surface area contributed by atoms with Crippen LogP contribution in [0.15, 0.2) is 0 Å². The first kappa shape index (κ1) is 12.3. The van der Waals surface area contributed by atoms with Crippen LogP contribution in [0.4, 0.5) is 4.79 Å². The SMILES string of the molecule is CN(C(=O)N1CCCCC1)C1CC2CCC(C1)N2. The average molecular weight is 251 g/mol. The normalized spacial score (nSPS) is 35.6. The van der Waals surface area contributed by atoms with Crippen molar-refractivity contribution in [3.8, 4) is 0 Å². The number of nitrogens with zero attached hydrogens (tertiary/aromatic N) is 2. The van der Waals surface area contributed by atoms with E-state index in [9.17, 15) is 4.79 Å². The fraction of sp³-hybridized carbons (Fsp3) is 0.929. The van der Waals surface area contributed by atoms with Gasteiger partial charge in [-0.2, -0.15) is 0 Å². The number of piperidine rings is 2. The van der Waals surface area contributed by atoms with Crippen molar-refractivity contribution >= 4 is 6.03 Å². The van der Waals surface area contributed by atoms with Gasteiger partial charge in [-0.15, -0.1) is 0 Å². The van der Waals surface area contributed by atoms with Gasteiger partial charge in [-0.05, 0) is 44.9 Å². The van der Waals surface area contributed by atoms with Crippen molar-refractivity contribution in [1.82, 2.24) is 15.1 Å². The lowest BCUT2D eigenvalue weighted by molar-refractivity contribution is 0.122. The van der Waals surface area contributed by atoms with Crippen LogP contribution in [-0.4, -0.2) is 54.1 Å². The molecule has 0 spiro atoms. The van der Waals surface area contributed by atoms with Gasteiger partial charge in [0.15, 0.2) is 0 Å². The molecule has 0 aromatic rings. The standard InChI is InChI=1S/C14H25N3O/c1-16(14(18)17-7-3-2-4-8-17)13-9-11-5-6-12(10-13)15-11/h11-13,15H,2-10H2,1H3. The maximum Gasteiger partial charge on any atom is 0.319 e. The number of urea groups is 1. The second kappa shape index (κ2) is 5.08. The summed E-state index contributed by atoms with van der Waals surface area (Å²) >= 11 is 0. The fourth-order valence-corrected chi connectivity index (χ4v) is 3.81. The minimum absolute atomic E-state index is 0.265. The number of fused-ring (bicyclic) bond motifs is 2. The molecule has 18 heavy (non-hydrogen) atoms. The summed E-state index contributed by atoms with van der Waals surface area (Å²) in [5, 5.41) is 3.64. The molecule has 2 atom stereocenters. The number of amides is 2. The van der Waals surface area contributed by atoms with Gasteiger partial charge in [-0.25, -0.2) is 4.79 Å². The Morgan fingerprint density at radius 2 is 1.72 bits per heavy atom. The molecule has 4 heteroatoms. The van der Waals surface area contributed by atoms with E-state index in [0.717, 1.165) is 25.9 Å². The third kappa shape index (κ3) is 2.35. The highest BCUT2D eigenvalue weighted by Gasteiger charge is 2.37. The largest absolute Gasteiger partial charge is 0.325 e. The van der Waals surface area contributed by atoms with E-state index < -0.39 is 0 Å². The van der Waals surface area contributed by atoms with Crippen LogP contribution in [0.25, 0.3) is 0 Å². The van der Waals surface area contributed by atoms with Crippen molar-refractivity contribution in [1.29, 1.82) is 0 Å². The molecule has 2 unspecified atom stereocenters. The Labute approximate surface area is 110 Å². The van der Waals surface area contributed by atoms with E-state index in [1.807, 2.05) is 16.8 Å². The Balaban J connectivity index is 1.59. The Hall–Kier alpha value is -0.770. The molecule has 3 aliphatic heterocycles. The van der Waals surface area contributed by atoms with Crippen LogP contribution < -0.4 is 5.32 Å². The van der Waals surface area contributed by atoms with E-state index in [4.69, 9.17) is 0 Å². The maximum absolute atomic E-state index is 12.5. The highest BCUT2D eigenvalue weighted by molar-refractivity contribution is 5.74. The quantitative estimate of drug-likeness (QED) is 0.771. The van der Waals surface area contributed by atoms with Crippen molar-refractivity contribution in [2.75, 3.05) is 20.1 Å². The summed E-state index contributed by atoms with van der Waals surface area (Å²) in [7, 11) is 2.01. The molecule has 2 amide bonds. The topological polar surface area (TPSA) is 35.6 Å². The predicted molar refractivity (Wildman–Crippen MR) is 71.6 cm³/mol. The van der Waals surface area contributed by atoms with Crippen LogP contribution in [0.5, 0.6) is 0 Å². The number of nitrogens with one attached hydrogen (secondary N) is 1. The Morgan fingerprint density at radius 1 is 1.11 bits per heavy atom. The van der Waals surface area contributed by atoms with Gasteiger partial charge in [0.25, 0.3) is 0 Å². The number of likely N-dealkylation sites (tertiary alicyclic amines) is 1. The highest BCUT2D eigenvalue weighted by atomic mass is 16.2. The average Bonchev–Trinajstić information content (AvgIpc) is 2.77. The fourth-order valence-electron chi connectivity index (χ4n) is 3.81. The van der Waals surface area contributed by atoms with Crippen LogP contribution in [0.2, 0.25) is 0 Å². The number of carbonyl (C=O) groups is 1. The van der Waals surface area contributed by atoms with E-state index in [1.54, 1.807) is 0 Å². The molecule has 1 N–H and O–H groups in total. The molecule has 3 fully saturated rings. The molecule has 0 aliphatic carbocycles. The summed E-state index contributed by atoms with van der Waals surface area (Å²) in [6.45, 7) is 1.92. The third-order valence-corrected chi connectivity index (χ3v) is 4.92. The molecule has 0 saturated carbocycles. The lowest BCUT2D eigenvalue weighted by Crippen LogP contribution is -2.53. The molecule has 3 saturated heterocycles. The van der Waals surface area contributed by atoms with Gasteiger partial charge in [-0.1, -0.05) is 0 Å². The van der Waals surface area contributed by atoms with E-state index in [1.165, 1.54) is 32.1 Å². The second-order valence-electron chi connectivity index (χ2n) is 6.20. The van der Waals surface area contributed by atoms with E-state index >= 15 is 0 Å². The first-order valence-corrected chi connectivity index (χ1v) is 7.52. The lowest BCUT2D eigenvalue weighted by Gasteiger charge is -2.39. The summed E-state index contributed by atoms with van der Waals surface area (Å²) in [4.78, 5) is 16.5. The van der Waals surface area contributed by atoms with Gasteiger partial charge in [0.1, 0.15) is 0 Å². The second-order valence-corrected chi connectivity index (χ2v) is 6.20. The number of hydrogen-bond acceptors (Lipinski definition) is 2. The van der Waals surface area contributed by atoms with Crippen molar-refractivity contribution in [3.63, 3.8) is 0 Å². The summed E-state index contributed by atoms with van der Waals surface area (Å²) < 4.78 is 0. The Kier molecular flexibility index (Phi) is 3.46. The summed E-state index contributed by atoms with van der Waals surface area (Å²) in [6.07, 6.45) is 8.53. The molecule has 4 nitrogen and oxygen atoms in total. The molecule has 3 aliphatic rings. The number of rotatable bonds is 1. The van der Waals surface area contributed by atoms with Gasteiger partial charge < -0.3 is 15.1 Å². The van der Waals surface area contributed by atoms with Crippen molar-refractivity contribution in [2.45, 2.75) is 63.1 Å². The Bertz CT molecular complexity index is 302. The summed E-state index contributed by atoms with van der Waals surface area (Å²) in [5.41, 5.74) is 0. The van der Waals surface area contributed by atoms with Crippen molar-refractivity contribution in [3.05, 3.63) is 0 Å². The molecule has 0 aromatic carbocycles. The third-order valence-electron chi connectivity index (χ3n) is 4.92. The number of carbonyl (C=O) groups excluding carboxylic acids is 1. The summed E-state index contributed by atoms with van der Waals surface area (Å²) in [5.74, 6) is 0. The Morgan fingerprint density at radius 3 is 2.33 bits per heavy atom. The molecular formula is C14H25N3O. The first-order chi connectivity index (χ1) is 8.74. The van der Waals surface area contributed by atoms with Crippen LogP contribution in [0.1, 0.15) is 44.9 Å². The molecule has 3 rings (SSSR count). The molecular weight excluding hydrogens is 226 g/mol. The molecule has 0 aromatic heterocycles. The van der Waals surface area contributed by atoms with Crippen LogP contribution in [0, 0.1) is 0 Å². The van der Waals surface area contributed by atoms with Crippen LogP contribution in [-0.2, 0) is 0 Å². The molecule has 2 bridgehead atoms. The number of hydrogen-bond donors (Lipinski definition) is 1. The van der Waals surface area contributed by atoms with Gasteiger partial charge >= 0.3 is 6.03 Å². The van der Waals surface area contributed by atoms with Crippen molar-refractivity contribution < 1.29 is 4.79 Å². The summed E-state index contributed by atoms with van der Waals surface area (Å²) in [6, 6.07) is 2.04. The minimum atomic E-state index is 0.265. The van der Waals surface area contributed by atoms with Gasteiger partial charge in [0.2, 0.25) is 0 Å². The molecule has 0 radical (unpaired) electrons. The van der Waals surface area contributed by atoms with E-state index in [2.05, 4.69) is 5.32 Å². The zero-order chi connectivity index (χ0) is 12.5. The zero-order valence-corrected chi connectivity index (χ0v) is 11.4. The lowest BCUT2D eigenvalue weighted by atomic mass is 9.99. The zero-order valence-electron chi connectivity index (χ0n) is 11.4. The van der Waals surface area contributed by atoms with Crippen LogP contribution in [0.3, 0.4) is 0 Å². The highest BCUT2D eigenvalue weighted by Crippen LogP contribution is 2.29. The smallest absolute Gasteiger partial charge is 0.319 e. The molecule has 3 heterocycles.